The van der Waals surface area contributed by atoms with Crippen molar-refractivity contribution in [2.45, 2.75) is 32.6 Å². The lowest BCUT2D eigenvalue weighted by Crippen LogP contribution is -2.11. The summed E-state index contributed by atoms with van der Waals surface area (Å²) in [7, 11) is 2.86. The van der Waals surface area contributed by atoms with Gasteiger partial charge in [-0.25, -0.2) is 4.79 Å². The standard InChI is InChI=1S/C16H21N3O4/c1-4-5-6-7-11-10-17-19(18-11)12-8-9-13(22-2)15(23-3)14(12)16(20)21/h8-10H,4-7H2,1-3H3,(H,20,21). The molecule has 0 spiro atoms. The number of hydrogen-bond donors (Lipinski definition) is 1. The number of ether oxygens (including phenoxy) is 2. The van der Waals surface area contributed by atoms with Crippen molar-refractivity contribution in [3.63, 3.8) is 0 Å². The van der Waals surface area contributed by atoms with Crippen molar-refractivity contribution < 1.29 is 19.4 Å². The number of benzene rings is 1. The Balaban J connectivity index is 2.41. The highest BCUT2D eigenvalue weighted by molar-refractivity contribution is 5.96. The number of unbranched alkanes of at least 4 members (excludes halogenated alkanes) is 2. The summed E-state index contributed by atoms with van der Waals surface area (Å²) in [6.45, 7) is 2.14. The molecule has 0 saturated carbocycles. The third kappa shape index (κ3) is 3.61. The maximum Gasteiger partial charge on any atom is 0.341 e. The minimum atomic E-state index is -1.12. The summed E-state index contributed by atoms with van der Waals surface area (Å²) in [5.74, 6) is -0.619. The summed E-state index contributed by atoms with van der Waals surface area (Å²) in [6, 6.07) is 3.25. The number of carboxylic acid groups (broad SMARTS) is 1. The highest BCUT2D eigenvalue weighted by atomic mass is 16.5. The van der Waals surface area contributed by atoms with Gasteiger partial charge in [0.2, 0.25) is 0 Å². The van der Waals surface area contributed by atoms with E-state index in [0.717, 1.165) is 31.4 Å². The van der Waals surface area contributed by atoms with E-state index in [1.54, 1.807) is 18.3 Å². The van der Waals surface area contributed by atoms with Crippen LogP contribution in [-0.4, -0.2) is 40.3 Å². The van der Waals surface area contributed by atoms with E-state index in [1.165, 1.54) is 19.0 Å². The van der Waals surface area contributed by atoms with Crippen LogP contribution in [0.3, 0.4) is 0 Å². The quantitative estimate of drug-likeness (QED) is 0.753. The molecule has 0 aliphatic carbocycles. The Hall–Kier alpha value is -2.57. The highest BCUT2D eigenvalue weighted by Gasteiger charge is 2.23. The lowest BCUT2D eigenvalue weighted by Gasteiger charge is -2.13. The van der Waals surface area contributed by atoms with Crippen LogP contribution in [0.5, 0.6) is 11.5 Å². The van der Waals surface area contributed by atoms with Crippen LogP contribution in [0, 0.1) is 0 Å². The maximum atomic E-state index is 11.7. The Morgan fingerprint density at radius 1 is 1.26 bits per heavy atom. The van der Waals surface area contributed by atoms with Gasteiger partial charge < -0.3 is 14.6 Å². The van der Waals surface area contributed by atoms with Crippen LogP contribution in [0.25, 0.3) is 5.69 Å². The molecule has 2 rings (SSSR count). The Kier molecular flexibility index (Phi) is 5.56. The second-order valence-electron chi connectivity index (χ2n) is 5.08. The summed E-state index contributed by atoms with van der Waals surface area (Å²) in [5.41, 5.74) is 1.16. The van der Waals surface area contributed by atoms with Crippen molar-refractivity contribution in [2.24, 2.45) is 0 Å². The predicted molar refractivity (Wildman–Crippen MR) is 84.7 cm³/mol. The third-order valence-electron chi connectivity index (χ3n) is 3.53. The summed E-state index contributed by atoms with van der Waals surface area (Å²) >= 11 is 0. The maximum absolute atomic E-state index is 11.7. The largest absolute Gasteiger partial charge is 0.493 e. The van der Waals surface area contributed by atoms with Crippen molar-refractivity contribution >= 4 is 5.97 Å². The molecule has 0 aliphatic heterocycles. The lowest BCUT2D eigenvalue weighted by atomic mass is 10.1. The van der Waals surface area contributed by atoms with Gasteiger partial charge in [-0.1, -0.05) is 19.8 Å². The van der Waals surface area contributed by atoms with E-state index < -0.39 is 5.97 Å². The first-order chi connectivity index (χ1) is 11.1. The van der Waals surface area contributed by atoms with Gasteiger partial charge in [0.15, 0.2) is 11.5 Å². The SMILES string of the molecule is CCCCCc1cnn(-c2ccc(OC)c(OC)c2C(=O)O)n1. The molecule has 0 unspecified atom stereocenters. The van der Waals surface area contributed by atoms with E-state index in [4.69, 9.17) is 9.47 Å². The van der Waals surface area contributed by atoms with Crippen LogP contribution >= 0.6 is 0 Å². The lowest BCUT2D eigenvalue weighted by molar-refractivity contribution is 0.0692. The zero-order valence-electron chi connectivity index (χ0n) is 13.6. The van der Waals surface area contributed by atoms with Crippen LogP contribution in [-0.2, 0) is 6.42 Å². The fourth-order valence-electron chi connectivity index (χ4n) is 2.37. The number of carboxylic acids is 1. The van der Waals surface area contributed by atoms with Gasteiger partial charge >= 0.3 is 5.97 Å². The molecule has 124 valence electrons. The first-order valence-corrected chi connectivity index (χ1v) is 7.52. The smallest absolute Gasteiger partial charge is 0.341 e. The zero-order chi connectivity index (χ0) is 16.8. The number of hydrogen-bond acceptors (Lipinski definition) is 5. The van der Waals surface area contributed by atoms with E-state index in [1.807, 2.05) is 0 Å². The van der Waals surface area contributed by atoms with Crippen molar-refractivity contribution in [3.05, 3.63) is 29.6 Å². The van der Waals surface area contributed by atoms with Gasteiger partial charge in [-0.3, -0.25) is 0 Å². The Bertz CT molecular complexity index is 682. The summed E-state index contributed by atoms with van der Waals surface area (Å²) in [6.07, 6.45) is 5.78. The Morgan fingerprint density at radius 2 is 2.04 bits per heavy atom. The second-order valence-corrected chi connectivity index (χ2v) is 5.08. The van der Waals surface area contributed by atoms with Gasteiger partial charge in [0.05, 0.1) is 26.1 Å². The average molecular weight is 319 g/mol. The number of aromatic nitrogens is 3. The molecule has 7 heteroatoms. The molecule has 1 N–H and O–H groups in total. The van der Waals surface area contributed by atoms with Crippen molar-refractivity contribution in [3.8, 4) is 17.2 Å². The van der Waals surface area contributed by atoms with Crippen LogP contribution in [0.15, 0.2) is 18.3 Å². The van der Waals surface area contributed by atoms with E-state index in [0.29, 0.717) is 11.4 Å². The number of aromatic carboxylic acids is 1. The normalized spacial score (nSPS) is 10.6. The number of rotatable bonds is 8. The van der Waals surface area contributed by atoms with Crippen molar-refractivity contribution in [1.82, 2.24) is 15.0 Å². The number of nitrogens with zero attached hydrogens (tertiary/aromatic N) is 3. The Labute approximate surface area is 134 Å². The number of methoxy groups -OCH3 is 2. The number of aryl methyl sites for hydroxylation is 1. The molecule has 7 nitrogen and oxygen atoms in total. The van der Waals surface area contributed by atoms with Gasteiger partial charge in [0, 0.05) is 0 Å². The van der Waals surface area contributed by atoms with E-state index >= 15 is 0 Å². The van der Waals surface area contributed by atoms with Crippen LogP contribution < -0.4 is 9.47 Å². The van der Waals surface area contributed by atoms with Crippen LogP contribution in [0.1, 0.15) is 42.2 Å². The molecule has 0 fully saturated rings. The first-order valence-electron chi connectivity index (χ1n) is 7.52. The van der Waals surface area contributed by atoms with Crippen LogP contribution in [0.2, 0.25) is 0 Å². The monoisotopic (exact) mass is 319 g/mol. The van der Waals surface area contributed by atoms with Gasteiger partial charge in [-0.05, 0) is 25.0 Å². The topological polar surface area (TPSA) is 86.5 Å². The van der Waals surface area contributed by atoms with Gasteiger partial charge in [0.1, 0.15) is 11.3 Å². The fraction of sp³-hybridized carbons (Fsp3) is 0.438. The molecular formula is C16H21N3O4. The molecule has 1 aromatic carbocycles. The molecule has 23 heavy (non-hydrogen) atoms. The minimum absolute atomic E-state index is 0.0254. The molecule has 2 aromatic rings. The third-order valence-corrected chi connectivity index (χ3v) is 3.53. The zero-order valence-corrected chi connectivity index (χ0v) is 13.6. The summed E-state index contributed by atoms with van der Waals surface area (Å²) in [4.78, 5) is 13.0. The average Bonchev–Trinajstić information content (AvgIpc) is 3.02. The highest BCUT2D eigenvalue weighted by Crippen LogP contribution is 2.34. The van der Waals surface area contributed by atoms with Gasteiger partial charge in [-0.2, -0.15) is 15.0 Å². The van der Waals surface area contributed by atoms with E-state index in [2.05, 4.69) is 17.1 Å². The summed E-state index contributed by atoms with van der Waals surface area (Å²) < 4.78 is 10.4. The Morgan fingerprint density at radius 3 is 2.65 bits per heavy atom. The fourth-order valence-corrected chi connectivity index (χ4v) is 2.37. The first kappa shape index (κ1) is 16.8. The van der Waals surface area contributed by atoms with Gasteiger partial charge in [0.25, 0.3) is 0 Å². The molecule has 0 aliphatic rings. The van der Waals surface area contributed by atoms with Crippen molar-refractivity contribution in [1.29, 1.82) is 0 Å². The molecule has 0 amide bonds. The molecule has 0 radical (unpaired) electrons. The molecule has 0 saturated heterocycles. The van der Waals surface area contributed by atoms with E-state index in [9.17, 15) is 9.90 Å². The molecule has 0 bridgehead atoms. The molecular weight excluding hydrogens is 298 g/mol. The molecule has 0 atom stereocenters. The van der Waals surface area contributed by atoms with E-state index in [-0.39, 0.29) is 11.3 Å². The van der Waals surface area contributed by atoms with Crippen LogP contribution in [0.4, 0.5) is 0 Å². The molecule has 1 aromatic heterocycles. The second kappa shape index (κ2) is 7.62. The van der Waals surface area contributed by atoms with Crippen molar-refractivity contribution in [2.75, 3.05) is 14.2 Å². The van der Waals surface area contributed by atoms with Gasteiger partial charge in [-0.15, -0.1) is 0 Å². The summed E-state index contributed by atoms with van der Waals surface area (Å²) in [5, 5.41) is 18.1. The number of carbonyl (C=O) groups is 1. The minimum Gasteiger partial charge on any atom is -0.493 e. The molecule has 1 heterocycles. The predicted octanol–water partition coefficient (Wildman–Crippen LogP) is 2.72.